The molecule has 2 heterocycles. The Hall–Kier alpha value is -1.37. The summed E-state index contributed by atoms with van der Waals surface area (Å²) in [5.74, 6) is 6.02. The van der Waals surface area contributed by atoms with Gasteiger partial charge in [0.15, 0.2) is 0 Å². The standard InChI is InChI=1S/C13H20ClN5O/c1-2-19-4-3-9(8-19)7-16-13(20)10-5-11(14)17-12(6-10)18-15/h5-6,9H,2-4,7-8,15H2,1H3,(H,16,20)(H,17,18). The molecule has 1 fully saturated rings. The molecule has 0 spiro atoms. The lowest BCUT2D eigenvalue weighted by atomic mass is 10.1. The quantitative estimate of drug-likeness (QED) is 0.430. The van der Waals surface area contributed by atoms with Gasteiger partial charge in [0.1, 0.15) is 11.0 Å². The van der Waals surface area contributed by atoms with E-state index in [4.69, 9.17) is 17.4 Å². The number of carbonyl (C=O) groups excluding carboxylic acids is 1. The first-order chi connectivity index (χ1) is 9.62. The molecular formula is C13H20ClN5O. The van der Waals surface area contributed by atoms with Gasteiger partial charge < -0.3 is 15.6 Å². The lowest BCUT2D eigenvalue weighted by Crippen LogP contribution is -2.31. The summed E-state index contributed by atoms with van der Waals surface area (Å²) in [6.45, 7) is 6.06. The number of amides is 1. The van der Waals surface area contributed by atoms with Crippen molar-refractivity contribution >= 4 is 23.3 Å². The van der Waals surface area contributed by atoms with Gasteiger partial charge in [-0.3, -0.25) is 4.79 Å². The zero-order valence-corrected chi connectivity index (χ0v) is 12.3. The van der Waals surface area contributed by atoms with Crippen molar-refractivity contribution in [3.63, 3.8) is 0 Å². The van der Waals surface area contributed by atoms with Crippen LogP contribution in [0.3, 0.4) is 0 Å². The normalized spacial score (nSPS) is 19.1. The molecule has 1 aromatic rings. The van der Waals surface area contributed by atoms with Gasteiger partial charge in [-0.25, -0.2) is 10.8 Å². The highest BCUT2D eigenvalue weighted by Gasteiger charge is 2.21. The average Bonchev–Trinajstić information content (AvgIpc) is 2.92. The molecule has 20 heavy (non-hydrogen) atoms. The Morgan fingerprint density at radius 1 is 1.60 bits per heavy atom. The molecule has 1 atom stereocenters. The van der Waals surface area contributed by atoms with Crippen molar-refractivity contribution in [1.29, 1.82) is 0 Å². The summed E-state index contributed by atoms with van der Waals surface area (Å²) in [4.78, 5) is 18.4. The lowest BCUT2D eigenvalue weighted by molar-refractivity contribution is 0.0947. The third kappa shape index (κ3) is 3.82. The molecule has 1 unspecified atom stereocenters. The summed E-state index contributed by atoms with van der Waals surface area (Å²) >= 11 is 5.84. The number of likely N-dealkylation sites (tertiary alicyclic amines) is 1. The maximum Gasteiger partial charge on any atom is 0.251 e. The maximum atomic E-state index is 12.1. The first kappa shape index (κ1) is 15.0. The van der Waals surface area contributed by atoms with Gasteiger partial charge in [0.2, 0.25) is 0 Å². The number of nitrogens with two attached hydrogens (primary N) is 1. The second-order valence-electron chi connectivity index (χ2n) is 4.97. The van der Waals surface area contributed by atoms with Gasteiger partial charge in [-0.2, -0.15) is 0 Å². The Balaban J connectivity index is 1.90. The van der Waals surface area contributed by atoms with E-state index in [1.807, 2.05) is 0 Å². The van der Waals surface area contributed by atoms with E-state index in [9.17, 15) is 4.79 Å². The Labute approximate surface area is 123 Å². The first-order valence-corrected chi connectivity index (χ1v) is 7.15. The number of hydrazine groups is 1. The molecule has 0 aliphatic carbocycles. The highest BCUT2D eigenvalue weighted by Crippen LogP contribution is 2.16. The fraction of sp³-hybridized carbons (Fsp3) is 0.538. The minimum absolute atomic E-state index is 0.152. The SMILES string of the molecule is CCN1CCC(CNC(=O)c2cc(Cl)nc(NN)c2)C1. The fourth-order valence-electron chi connectivity index (χ4n) is 2.41. The lowest BCUT2D eigenvalue weighted by Gasteiger charge is -2.14. The van der Waals surface area contributed by atoms with Gasteiger partial charge in [0, 0.05) is 18.7 Å². The molecule has 1 saturated heterocycles. The average molecular weight is 298 g/mol. The number of halogens is 1. The van der Waals surface area contributed by atoms with Crippen LogP contribution in [0.2, 0.25) is 5.15 Å². The van der Waals surface area contributed by atoms with Gasteiger partial charge >= 0.3 is 0 Å². The number of anilines is 1. The van der Waals surface area contributed by atoms with Gasteiger partial charge in [-0.05, 0) is 37.6 Å². The van der Waals surface area contributed by atoms with Crippen LogP contribution in [0.4, 0.5) is 5.82 Å². The number of carbonyl (C=O) groups is 1. The Morgan fingerprint density at radius 2 is 2.40 bits per heavy atom. The van der Waals surface area contributed by atoms with Crippen LogP contribution in [0.1, 0.15) is 23.7 Å². The van der Waals surface area contributed by atoms with Crippen molar-refractivity contribution in [2.24, 2.45) is 11.8 Å². The topological polar surface area (TPSA) is 83.3 Å². The van der Waals surface area contributed by atoms with Gasteiger partial charge in [-0.1, -0.05) is 18.5 Å². The van der Waals surface area contributed by atoms with E-state index >= 15 is 0 Å². The van der Waals surface area contributed by atoms with Crippen LogP contribution < -0.4 is 16.6 Å². The van der Waals surface area contributed by atoms with E-state index in [-0.39, 0.29) is 11.1 Å². The summed E-state index contributed by atoms with van der Waals surface area (Å²) in [6, 6.07) is 3.11. The molecule has 7 heteroatoms. The molecule has 0 bridgehead atoms. The zero-order valence-electron chi connectivity index (χ0n) is 11.5. The molecule has 6 nitrogen and oxygen atoms in total. The van der Waals surface area contributed by atoms with Crippen molar-refractivity contribution in [2.75, 3.05) is 31.6 Å². The molecule has 1 aromatic heterocycles. The van der Waals surface area contributed by atoms with Crippen LogP contribution in [-0.2, 0) is 0 Å². The smallest absolute Gasteiger partial charge is 0.251 e. The van der Waals surface area contributed by atoms with E-state index in [0.717, 1.165) is 26.1 Å². The zero-order chi connectivity index (χ0) is 14.5. The van der Waals surface area contributed by atoms with Crippen LogP contribution in [0.25, 0.3) is 0 Å². The number of rotatable bonds is 5. The van der Waals surface area contributed by atoms with E-state index in [1.54, 1.807) is 6.07 Å². The monoisotopic (exact) mass is 297 g/mol. The molecule has 0 saturated carbocycles. The van der Waals surface area contributed by atoms with Crippen LogP contribution >= 0.6 is 11.6 Å². The fourth-order valence-corrected chi connectivity index (χ4v) is 2.62. The van der Waals surface area contributed by atoms with Crippen molar-refractivity contribution in [3.8, 4) is 0 Å². The minimum Gasteiger partial charge on any atom is -0.352 e. The van der Waals surface area contributed by atoms with E-state index in [0.29, 0.717) is 23.8 Å². The van der Waals surface area contributed by atoms with E-state index in [1.165, 1.54) is 6.07 Å². The van der Waals surface area contributed by atoms with Crippen molar-refractivity contribution in [2.45, 2.75) is 13.3 Å². The summed E-state index contributed by atoms with van der Waals surface area (Å²) in [5.41, 5.74) is 2.85. The van der Waals surface area contributed by atoms with Crippen molar-refractivity contribution < 1.29 is 4.79 Å². The maximum absolute atomic E-state index is 12.1. The van der Waals surface area contributed by atoms with Crippen LogP contribution in [-0.4, -0.2) is 42.0 Å². The predicted molar refractivity (Wildman–Crippen MR) is 79.6 cm³/mol. The number of nitrogens with one attached hydrogen (secondary N) is 2. The van der Waals surface area contributed by atoms with E-state index in [2.05, 4.69) is 27.6 Å². The van der Waals surface area contributed by atoms with Crippen LogP contribution in [0, 0.1) is 5.92 Å². The minimum atomic E-state index is -0.152. The number of hydrogen-bond acceptors (Lipinski definition) is 5. The molecule has 1 aliphatic heterocycles. The summed E-state index contributed by atoms with van der Waals surface area (Å²) in [7, 11) is 0. The van der Waals surface area contributed by atoms with Crippen molar-refractivity contribution in [1.82, 2.24) is 15.2 Å². The Morgan fingerprint density at radius 3 is 3.05 bits per heavy atom. The number of hydrogen-bond donors (Lipinski definition) is 3. The molecular weight excluding hydrogens is 278 g/mol. The molecule has 0 aromatic carbocycles. The molecule has 2 rings (SSSR count). The van der Waals surface area contributed by atoms with E-state index < -0.39 is 0 Å². The largest absolute Gasteiger partial charge is 0.352 e. The number of nitrogens with zero attached hydrogens (tertiary/aromatic N) is 2. The first-order valence-electron chi connectivity index (χ1n) is 6.77. The van der Waals surface area contributed by atoms with Crippen LogP contribution in [0.5, 0.6) is 0 Å². The second-order valence-corrected chi connectivity index (χ2v) is 5.35. The molecule has 110 valence electrons. The Bertz CT molecular complexity index is 482. The summed E-state index contributed by atoms with van der Waals surface area (Å²) in [5, 5.41) is 3.18. The second kappa shape index (κ2) is 6.88. The number of pyridine rings is 1. The molecule has 1 aliphatic rings. The number of nitrogen functional groups attached to an aromatic ring is 1. The van der Waals surface area contributed by atoms with Crippen LogP contribution in [0.15, 0.2) is 12.1 Å². The summed E-state index contributed by atoms with van der Waals surface area (Å²) in [6.07, 6.45) is 1.13. The third-order valence-corrected chi connectivity index (χ3v) is 3.77. The van der Waals surface area contributed by atoms with Gasteiger partial charge in [0.05, 0.1) is 0 Å². The highest BCUT2D eigenvalue weighted by molar-refractivity contribution is 6.29. The Kier molecular flexibility index (Phi) is 5.17. The van der Waals surface area contributed by atoms with Gasteiger partial charge in [0.25, 0.3) is 5.91 Å². The molecule has 4 N–H and O–H groups in total. The van der Waals surface area contributed by atoms with Gasteiger partial charge in [-0.15, -0.1) is 0 Å². The number of aromatic nitrogens is 1. The molecule has 1 amide bonds. The van der Waals surface area contributed by atoms with Crippen molar-refractivity contribution in [3.05, 3.63) is 22.8 Å². The molecule has 0 radical (unpaired) electrons. The summed E-state index contributed by atoms with van der Waals surface area (Å²) < 4.78 is 0. The third-order valence-electron chi connectivity index (χ3n) is 3.57. The highest BCUT2D eigenvalue weighted by atomic mass is 35.5. The predicted octanol–water partition coefficient (Wildman–Crippen LogP) is 1.09.